The fraction of sp³-hybridized carbons (Fsp3) is 0.200. The van der Waals surface area contributed by atoms with Crippen molar-refractivity contribution in [2.45, 2.75) is 13.0 Å². The van der Waals surface area contributed by atoms with E-state index in [1.165, 1.54) is 0 Å². The third-order valence-corrected chi connectivity index (χ3v) is 3.67. The van der Waals surface area contributed by atoms with Gasteiger partial charge >= 0.3 is 0 Å². The van der Waals surface area contributed by atoms with Crippen LogP contribution in [-0.2, 0) is 0 Å². The Bertz CT molecular complexity index is 660. The second-order valence-electron chi connectivity index (χ2n) is 4.73. The first kappa shape index (κ1) is 15.1. The van der Waals surface area contributed by atoms with Gasteiger partial charge in [0, 0.05) is 24.0 Å². The van der Waals surface area contributed by atoms with Crippen molar-refractivity contribution in [2.24, 2.45) is 10.9 Å². The molecule has 1 aromatic carbocycles. The van der Waals surface area contributed by atoms with E-state index in [1.54, 1.807) is 12.3 Å². The van der Waals surface area contributed by atoms with Crippen LogP contribution in [0.2, 0.25) is 5.02 Å². The van der Waals surface area contributed by atoms with Crippen LogP contribution >= 0.6 is 11.6 Å². The number of amidine groups is 1. The molecule has 0 saturated carbocycles. The van der Waals surface area contributed by atoms with Crippen LogP contribution in [0.3, 0.4) is 0 Å². The van der Waals surface area contributed by atoms with Crippen molar-refractivity contribution in [1.82, 2.24) is 4.98 Å². The highest BCUT2D eigenvalue weighted by molar-refractivity contribution is 6.30. The minimum absolute atomic E-state index is 0.0133. The Morgan fingerprint density at radius 2 is 2.14 bits per heavy atom. The Balaban J connectivity index is 2.29. The Labute approximate surface area is 128 Å². The van der Waals surface area contributed by atoms with Crippen molar-refractivity contribution < 1.29 is 5.21 Å². The van der Waals surface area contributed by atoms with Crippen LogP contribution in [0.4, 0.5) is 5.69 Å². The lowest BCUT2D eigenvalue weighted by atomic mass is 10.1. The summed E-state index contributed by atoms with van der Waals surface area (Å²) in [4.78, 5) is 6.15. The van der Waals surface area contributed by atoms with Crippen LogP contribution in [0.1, 0.15) is 24.2 Å². The molecular weight excluding hydrogens is 288 g/mol. The average Bonchev–Trinajstić information content (AvgIpc) is 2.52. The third kappa shape index (κ3) is 3.44. The van der Waals surface area contributed by atoms with Crippen molar-refractivity contribution in [2.75, 3.05) is 11.9 Å². The van der Waals surface area contributed by atoms with E-state index < -0.39 is 0 Å². The fourth-order valence-corrected chi connectivity index (χ4v) is 2.24. The van der Waals surface area contributed by atoms with E-state index in [0.717, 1.165) is 11.3 Å². The number of halogens is 1. The topological polar surface area (TPSA) is 74.7 Å². The maximum absolute atomic E-state index is 8.73. The zero-order valence-electron chi connectivity index (χ0n) is 11.9. The maximum Gasteiger partial charge on any atom is 0.188 e. The zero-order chi connectivity index (χ0) is 15.4. The van der Waals surface area contributed by atoms with Gasteiger partial charge in [0.15, 0.2) is 5.84 Å². The smallest absolute Gasteiger partial charge is 0.188 e. The largest absolute Gasteiger partial charge is 0.409 e. The number of aromatic nitrogens is 1. The summed E-state index contributed by atoms with van der Waals surface area (Å²) >= 11 is 6.04. The molecule has 0 aliphatic heterocycles. The van der Waals surface area contributed by atoms with E-state index in [9.17, 15) is 0 Å². The van der Waals surface area contributed by atoms with E-state index in [2.05, 4.69) is 22.0 Å². The Morgan fingerprint density at radius 1 is 1.38 bits per heavy atom. The normalized spacial score (nSPS) is 13.0. The van der Waals surface area contributed by atoms with Crippen LogP contribution in [0.5, 0.6) is 0 Å². The Kier molecular flexibility index (Phi) is 4.65. The number of benzene rings is 1. The van der Waals surface area contributed by atoms with Crippen molar-refractivity contribution in [3.8, 4) is 0 Å². The Hall–Kier alpha value is -2.27. The number of pyridine rings is 1. The second-order valence-corrected chi connectivity index (χ2v) is 5.16. The molecule has 3 N–H and O–H groups in total. The van der Waals surface area contributed by atoms with Gasteiger partial charge in [-0.15, -0.1) is 0 Å². The van der Waals surface area contributed by atoms with Crippen molar-refractivity contribution in [3.05, 3.63) is 58.9 Å². The molecule has 0 aliphatic carbocycles. The predicted molar refractivity (Wildman–Crippen MR) is 85.0 cm³/mol. The number of oxime groups is 1. The highest BCUT2D eigenvalue weighted by Crippen LogP contribution is 2.26. The number of nitrogens with two attached hydrogens (primary N) is 1. The highest BCUT2D eigenvalue weighted by Gasteiger charge is 2.14. The molecule has 0 bridgehead atoms. The molecule has 21 heavy (non-hydrogen) atoms. The molecule has 110 valence electrons. The van der Waals surface area contributed by atoms with Crippen molar-refractivity contribution in [1.29, 1.82) is 0 Å². The summed E-state index contributed by atoms with van der Waals surface area (Å²) in [5.41, 5.74) is 8.02. The molecule has 0 amide bonds. The lowest BCUT2D eigenvalue weighted by molar-refractivity contribution is 0.318. The fourth-order valence-electron chi connectivity index (χ4n) is 2.04. The minimum atomic E-state index is -0.0133. The molecule has 1 atom stereocenters. The number of hydrogen-bond donors (Lipinski definition) is 2. The molecule has 1 heterocycles. The molecular formula is C15H17ClN4O. The molecule has 2 aromatic rings. The number of anilines is 1. The maximum atomic E-state index is 8.73. The van der Waals surface area contributed by atoms with Crippen LogP contribution in [0, 0.1) is 0 Å². The molecule has 0 fully saturated rings. The van der Waals surface area contributed by atoms with Gasteiger partial charge in [-0.05, 0) is 36.8 Å². The van der Waals surface area contributed by atoms with Gasteiger partial charge in [-0.1, -0.05) is 28.9 Å². The van der Waals surface area contributed by atoms with Gasteiger partial charge in [0.1, 0.15) is 5.69 Å². The standard InChI is InChI=1S/C15H17ClN4O/c1-10(11-4-3-5-12(16)8-11)20(2)13-6-7-18-14(9-13)15(17)19-21/h3-10,21H,1-2H3,(H2,17,19). The molecule has 1 unspecified atom stereocenters. The summed E-state index contributed by atoms with van der Waals surface area (Å²) in [5.74, 6) is -0.0133. The minimum Gasteiger partial charge on any atom is -0.409 e. The van der Waals surface area contributed by atoms with E-state index in [1.807, 2.05) is 37.4 Å². The first-order valence-corrected chi connectivity index (χ1v) is 6.83. The molecule has 0 aliphatic rings. The average molecular weight is 305 g/mol. The summed E-state index contributed by atoms with van der Waals surface area (Å²) < 4.78 is 0. The van der Waals surface area contributed by atoms with E-state index in [0.29, 0.717) is 10.7 Å². The monoisotopic (exact) mass is 304 g/mol. The van der Waals surface area contributed by atoms with E-state index in [-0.39, 0.29) is 11.9 Å². The quantitative estimate of drug-likeness (QED) is 0.394. The van der Waals surface area contributed by atoms with Crippen LogP contribution in [-0.4, -0.2) is 23.1 Å². The summed E-state index contributed by atoms with van der Waals surface area (Å²) in [6, 6.07) is 11.5. The van der Waals surface area contributed by atoms with Gasteiger partial charge in [-0.2, -0.15) is 0 Å². The molecule has 0 spiro atoms. The molecule has 5 nitrogen and oxygen atoms in total. The molecule has 0 radical (unpaired) electrons. The van der Waals surface area contributed by atoms with E-state index >= 15 is 0 Å². The SMILES string of the molecule is CC(c1cccc(Cl)c1)N(C)c1ccnc(C(N)=NO)c1. The predicted octanol–water partition coefficient (Wildman–Crippen LogP) is 3.03. The molecule has 0 saturated heterocycles. The molecule has 6 heteroatoms. The van der Waals surface area contributed by atoms with Gasteiger partial charge in [0.2, 0.25) is 0 Å². The summed E-state index contributed by atoms with van der Waals surface area (Å²) in [7, 11) is 1.97. The lowest BCUT2D eigenvalue weighted by Crippen LogP contribution is -2.23. The summed E-state index contributed by atoms with van der Waals surface area (Å²) in [6.45, 7) is 2.08. The molecule has 1 aromatic heterocycles. The number of nitrogens with zero attached hydrogens (tertiary/aromatic N) is 3. The van der Waals surface area contributed by atoms with Crippen LogP contribution in [0.15, 0.2) is 47.8 Å². The van der Waals surface area contributed by atoms with Gasteiger partial charge in [0.25, 0.3) is 0 Å². The Morgan fingerprint density at radius 3 is 2.81 bits per heavy atom. The van der Waals surface area contributed by atoms with Gasteiger partial charge in [-0.25, -0.2) is 0 Å². The van der Waals surface area contributed by atoms with Gasteiger partial charge in [0.05, 0.1) is 6.04 Å². The van der Waals surface area contributed by atoms with Crippen LogP contribution < -0.4 is 10.6 Å². The van der Waals surface area contributed by atoms with Gasteiger partial charge < -0.3 is 15.8 Å². The lowest BCUT2D eigenvalue weighted by Gasteiger charge is -2.27. The highest BCUT2D eigenvalue weighted by atomic mass is 35.5. The number of hydrogen-bond acceptors (Lipinski definition) is 4. The first-order valence-electron chi connectivity index (χ1n) is 6.45. The zero-order valence-corrected chi connectivity index (χ0v) is 12.6. The van der Waals surface area contributed by atoms with Gasteiger partial charge in [-0.3, -0.25) is 4.98 Å². The summed E-state index contributed by atoms with van der Waals surface area (Å²) in [6.07, 6.45) is 1.63. The number of rotatable bonds is 4. The first-order chi connectivity index (χ1) is 10.0. The van der Waals surface area contributed by atoms with E-state index in [4.69, 9.17) is 22.5 Å². The van der Waals surface area contributed by atoms with Crippen molar-refractivity contribution in [3.63, 3.8) is 0 Å². The summed E-state index contributed by atoms with van der Waals surface area (Å²) in [5, 5.41) is 12.4. The van der Waals surface area contributed by atoms with Crippen LogP contribution in [0.25, 0.3) is 0 Å². The molecule has 2 rings (SSSR count). The second kappa shape index (κ2) is 6.45. The third-order valence-electron chi connectivity index (χ3n) is 3.43. The van der Waals surface area contributed by atoms with Crippen molar-refractivity contribution >= 4 is 23.1 Å².